The number of benzene rings is 2. The van der Waals surface area contributed by atoms with Crippen molar-refractivity contribution in [3.05, 3.63) is 66.5 Å². The fourth-order valence-electron chi connectivity index (χ4n) is 2.01. The van der Waals surface area contributed by atoms with Crippen LogP contribution in [0.1, 0.15) is 0 Å². The Bertz CT molecular complexity index is 785. The zero-order valence-electron chi connectivity index (χ0n) is 12.1. The first-order chi connectivity index (χ1) is 11.2. The maximum atomic E-state index is 12.9. The normalized spacial score (nSPS) is 10.3. The number of halogens is 1. The molecule has 0 aliphatic carbocycles. The van der Waals surface area contributed by atoms with E-state index in [1.54, 1.807) is 30.3 Å². The zero-order chi connectivity index (χ0) is 16.1. The standard InChI is InChI=1S/C17H14FN3O2/c18-13-8-6-12(7-9-13)15-10-16(21-20-15)19-17(22)11-23-14-4-2-1-3-5-14/h1-10H,11H2,(H2,19,20,21,22). The van der Waals surface area contributed by atoms with Crippen molar-refractivity contribution in [3.8, 4) is 17.0 Å². The van der Waals surface area contributed by atoms with Crippen LogP contribution in [0.15, 0.2) is 60.7 Å². The lowest BCUT2D eigenvalue weighted by Gasteiger charge is -2.05. The van der Waals surface area contributed by atoms with Gasteiger partial charge in [0.1, 0.15) is 11.6 Å². The van der Waals surface area contributed by atoms with Gasteiger partial charge in [-0.15, -0.1) is 0 Å². The van der Waals surface area contributed by atoms with Crippen LogP contribution in [0.5, 0.6) is 5.75 Å². The fraction of sp³-hybridized carbons (Fsp3) is 0.0588. The van der Waals surface area contributed by atoms with Crippen molar-refractivity contribution in [3.63, 3.8) is 0 Å². The second-order valence-electron chi connectivity index (χ2n) is 4.82. The minimum Gasteiger partial charge on any atom is -0.484 e. The molecule has 0 fully saturated rings. The Labute approximate surface area is 132 Å². The van der Waals surface area contributed by atoms with E-state index in [-0.39, 0.29) is 18.3 Å². The lowest BCUT2D eigenvalue weighted by Crippen LogP contribution is -2.20. The highest BCUT2D eigenvalue weighted by Crippen LogP contribution is 2.20. The van der Waals surface area contributed by atoms with Crippen molar-refractivity contribution < 1.29 is 13.9 Å². The van der Waals surface area contributed by atoms with Gasteiger partial charge < -0.3 is 10.1 Å². The van der Waals surface area contributed by atoms with Gasteiger partial charge in [-0.3, -0.25) is 9.89 Å². The third-order valence-electron chi connectivity index (χ3n) is 3.11. The van der Waals surface area contributed by atoms with Crippen molar-refractivity contribution in [2.24, 2.45) is 0 Å². The van der Waals surface area contributed by atoms with Crippen LogP contribution in [0.25, 0.3) is 11.3 Å². The van der Waals surface area contributed by atoms with E-state index in [0.717, 1.165) is 5.56 Å². The van der Waals surface area contributed by atoms with Crippen molar-refractivity contribution in [1.82, 2.24) is 10.2 Å². The minimum absolute atomic E-state index is 0.108. The molecule has 0 atom stereocenters. The van der Waals surface area contributed by atoms with Gasteiger partial charge in [-0.25, -0.2) is 4.39 Å². The summed E-state index contributed by atoms with van der Waals surface area (Å²) in [5, 5.41) is 9.43. The highest BCUT2D eigenvalue weighted by atomic mass is 19.1. The van der Waals surface area contributed by atoms with Gasteiger partial charge >= 0.3 is 0 Å². The van der Waals surface area contributed by atoms with Crippen LogP contribution in [0.2, 0.25) is 0 Å². The predicted molar refractivity (Wildman–Crippen MR) is 84.5 cm³/mol. The number of carbonyl (C=O) groups excluding carboxylic acids is 1. The van der Waals surface area contributed by atoms with E-state index < -0.39 is 0 Å². The quantitative estimate of drug-likeness (QED) is 0.760. The number of para-hydroxylation sites is 1. The minimum atomic E-state index is -0.314. The van der Waals surface area contributed by atoms with Gasteiger partial charge in [0.05, 0.1) is 5.69 Å². The number of carbonyl (C=O) groups is 1. The van der Waals surface area contributed by atoms with Crippen LogP contribution in [0, 0.1) is 5.82 Å². The van der Waals surface area contributed by atoms with Crippen LogP contribution in [-0.2, 0) is 4.79 Å². The monoisotopic (exact) mass is 311 g/mol. The molecule has 6 heteroatoms. The van der Waals surface area contributed by atoms with E-state index in [4.69, 9.17) is 4.74 Å². The maximum Gasteiger partial charge on any atom is 0.263 e. The van der Waals surface area contributed by atoms with Gasteiger partial charge in [0.25, 0.3) is 5.91 Å². The molecule has 2 aromatic carbocycles. The summed E-state index contributed by atoms with van der Waals surface area (Å²) in [4.78, 5) is 11.8. The van der Waals surface area contributed by atoms with Gasteiger partial charge in [0, 0.05) is 6.07 Å². The van der Waals surface area contributed by atoms with Crippen LogP contribution in [0.4, 0.5) is 10.2 Å². The summed E-state index contributed by atoms with van der Waals surface area (Å²) in [7, 11) is 0. The lowest BCUT2D eigenvalue weighted by atomic mass is 10.1. The third-order valence-corrected chi connectivity index (χ3v) is 3.11. The van der Waals surface area contributed by atoms with Crippen LogP contribution < -0.4 is 10.1 Å². The Morgan fingerprint density at radius 3 is 2.61 bits per heavy atom. The number of H-pyrrole nitrogens is 1. The van der Waals surface area contributed by atoms with Gasteiger partial charge in [0.2, 0.25) is 0 Å². The first kappa shape index (κ1) is 14.8. The fourth-order valence-corrected chi connectivity index (χ4v) is 2.01. The summed E-state index contributed by atoms with van der Waals surface area (Å²) < 4.78 is 18.3. The SMILES string of the molecule is O=C(COc1ccccc1)Nc1cc(-c2ccc(F)cc2)[nH]n1. The smallest absolute Gasteiger partial charge is 0.263 e. The van der Waals surface area contributed by atoms with Gasteiger partial charge in [-0.1, -0.05) is 18.2 Å². The largest absolute Gasteiger partial charge is 0.484 e. The first-order valence-corrected chi connectivity index (χ1v) is 7.00. The molecule has 23 heavy (non-hydrogen) atoms. The molecule has 3 rings (SSSR count). The van der Waals surface area contributed by atoms with Crippen LogP contribution >= 0.6 is 0 Å². The summed E-state index contributed by atoms with van der Waals surface area (Å²) in [5.74, 6) is 0.383. The van der Waals surface area contributed by atoms with Crippen molar-refractivity contribution in [2.75, 3.05) is 11.9 Å². The Morgan fingerprint density at radius 2 is 1.87 bits per heavy atom. The van der Waals surface area contributed by atoms with Gasteiger partial charge in [-0.05, 0) is 42.0 Å². The zero-order valence-corrected chi connectivity index (χ0v) is 12.1. The molecular weight excluding hydrogens is 297 g/mol. The van der Waals surface area contributed by atoms with E-state index in [9.17, 15) is 9.18 Å². The third kappa shape index (κ3) is 3.94. The number of aromatic amines is 1. The highest BCUT2D eigenvalue weighted by Gasteiger charge is 2.08. The molecule has 0 radical (unpaired) electrons. The Kier molecular flexibility index (Phi) is 4.33. The number of aromatic nitrogens is 2. The average Bonchev–Trinajstić information content (AvgIpc) is 3.03. The molecule has 0 aliphatic rings. The molecular formula is C17H14FN3O2. The molecule has 0 bridgehead atoms. The van der Waals surface area contributed by atoms with E-state index in [1.807, 2.05) is 18.2 Å². The number of hydrogen-bond donors (Lipinski definition) is 2. The predicted octanol–water partition coefficient (Wildman–Crippen LogP) is 3.23. The molecule has 0 saturated heterocycles. The summed E-state index contributed by atoms with van der Waals surface area (Å²) in [5.41, 5.74) is 1.46. The van der Waals surface area contributed by atoms with E-state index in [1.165, 1.54) is 12.1 Å². The summed E-state index contributed by atoms with van der Waals surface area (Å²) in [6, 6.07) is 16.7. The van der Waals surface area contributed by atoms with Crippen LogP contribution in [-0.4, -0.2) is 22.7 Å². The van der Waals surface area contributed by atoms with Gasteiger partial charge in [0.15, 0.2) is 12.4 Å². The molecule has 5 nitrogen and oxygen atoms in total. The van der Waals surface area contributed by atoms with Crippen molar-refractivity contribution in [2.45, 2.75) is 0 Å². The Balaban J connectivity index is 1.58. The molecule has 1 amide bonds. The number of ether oxygens (including phenoxy) is 1. The van der Waals surface area contributed by atoms with E-state index in [0.29, 0.717) is 17.3 Å². The molecule has 1 aromatic heterocycles. The number of rotatable bonds is 5. The average molecular weight is 311 g/mol. The first-order valence-electron chi connectivity index (χ1n) is 7.00. The molecule has 0 unspecified atom stereocenters. The lowest BCUT2D eigenvalue weighted by molar-refractivity contribution is -0.118. The summed E-state index contributed by atoms with van der Waals surface area (Å²) >= 11 is 0. The Morgan fingerprint density at radius 1 is 1.13 bits per heavy atom. The number of anilines is 1. The number of nitrogens with zero attached hydrogens (tertiary/aromatic N) is 1. The number of nitrogens with one attached hydrogen (secondary N) is 2. The molecule has 2 N–H and O–H groups in total. The molecule has 116 valence electrons. The second kappa shape index (κ2) is 6.74. The van der Waals surface area contributed by atoms with Crippen molar-refractivity contribution >= 4 is 11.7 Å². The Hall–Kier alpha value is -3.15. The van der Waals surface area contributed by atoms with E-state index in [2.05, 4.69) is 15.5 Å². The second-order valence-corrected chi connectivity index (χ2v) is 4.82. The highest BCUT2D eigenvalue weighted by molar-refractivity contribution is 5.91. The number of hydrogen-bond acceptors (Lipinski definition) is 3. The summed E-state index contributed by atoms with van der Waals surface area (Å²) in [6.45, 7) is -0.108. The summed E-state index contributed by atoms with van der Waals surface area (Å²) in [6.07, 6.45) is 0. The van der Waals surface area contributed by atoms with Crippen molar-refractivity contribution in [1.29, 1.82) is 0 Å². The van der Waals surface area contributed by atoms with Crippen LogP contribution in [0.3, 0.4) is 0 Å². The topological polar surface area (TPSA) is 67.0 Å². The number of amides is 1. The van der Waals surface area contributed by atoms with E-state index >= 15 is 0 Å². The molecule has 0 aliphatic heterocycles. The van der Waals surface area contributed by atoms with Gasteiger partial charge in [-0.2, -0.15) is 5.10 Å². The molecule has 0 spiro atoms. The maximum absolute atomic E-state index is 12.9. The molecule has 0 saturated carbocycles. The molecule has 1 heterocycles. The molecule has 3 aromatic rings.